The average molecular weight is 578 g/mol. The summed E-state index contributed by atoms with van der Waals surface area (Å²) in [6, 6.07) is 0. The first-order valence-electron chi connectivity index (χ1n) is 15.2. The van der Waals surface area contributed by atoms with E-state index in [0.717, 1.165) is 44.9 Å². The number of hydrogen-bond acceptors (Lipinski definition) is 7. The van der Waals surface area contributed by atoms with Crippen molar-refractivity contribution in [3.63, 3.8) is 0 Å². The quantitative estimate of drug-likeness (QED) is 0.0402. The fraction of sp³-hybridized carbons (Fsp3) is 0.862. The second-order valence-corrected chi connectivity index (χ2v) is 11.5. The molecule has 0 aliphatic heterocycles. The lowest BCUT2D eigenvalue weighted by molar-refractivity contribution is -0.147. The third kappa shape index (κ3) is 28.1. The van der Waals surface area contributed by atoms with Crippen LogP contribution in [-0.2, 0) is 27.9 Å². The lowest BCUT2D eigenvalue weighted by Crippen LogP contribution is -2.27. The SMILES string of the molecule is CCCCCCCC/C=C\CCCCCCCC(=O)NCCOP(=O)(O)OCC(O)COC(=O)CCCCC. The Morgan fingerprint density at radius 3 is 1.95 bits per heavy atom. The third-order valence-electron chi connectivity index (χ3n) is 6.20. The lowest BCUT2D eigenvalue weighted by atomic mass is 10.1. The first-order valence-corrected chi connectivity index (χ1v) is 16.7. The van der Waals surface area contributed by atoms with Crippen molar-refractivity contribution >= 4 is 19.7 Å². The van der Waals surface area contributed by atoms with Crippen LogP contribution in [0.4, 0.5) is 0 Å². The normalized spacial score (nSPS) is 13.8. The average Bonchev–Trinajstić information content (AvgIpc) is 2.91. The number of aliphatic hydroxyl groups is 1. The third-order valence-corrected chi connectivity index (χ3v) is 7.18. The van der Waals surface area contributed by atoms with Crippen LogP contribution >= 0.6 is 7.82 Å². The van der Waals surface area contributed by atoms with Crippen LogP contribution in [0.25, 0.3) is 0 Å². The Kier molecular flexibility index (Phi) is 26.1. The number of rotatable bonds is 28. The molecule has 1 amide bonds. The summed E-state index contributed by atoms with van der Waals surface area (Å²) < 4.78 is 26.3. The van der Waals surface area contributed by atoms with Gasteiger partial charge in [0.1, 0.15) is 12.7 Å². The van der Waals surface area contributed by atoms with Gasteiger partial charge >= 0.3 is 13.8 Å². The molecule has 0 saturated carbocycles. The van der Waals surface area contributed by atoms with E-state index in [1.807, 2.05) is 6.92 Å². The predicted octanol–water partition coefficient (Wildman–Crippen LogP) is 6.76. The highest BCUT2D eigenvalue weighted by atomic mass is 31.2. The summed E-state index contributed by atoms with van der Waals surface area (Å²) in [6.45, 7) is 3.31. The van der Waals surface area contributed by atoms with Crippen LogP contribution < -0.4 is 5.32 Å². The van der Waals surface area contributed by atoms with Gasteiger partial charge in [-0.05, 0) is 38.5 Å². The number of esters is 1. The van der Waals surface area contributed by atoms with E-state index in [-0.39, 0.29) is 32.1 Å². The Morgan fingerprint density at radius 1 is 0.769 bits per heavy atom. The zero-order chi connectivity index (χ0) is 29.0. The van der Waals surface area contributed by atoms with Crippen molar-refractivity contribution in [1.29, 1.82) is 0 Å². The summed E-state index contributed by atoms with van der Waals surface area (Å²) in [7, 11) is -4.39. The first-order chi connectivity index (χ1) is 18.8. The number of phosphoric ester groups is 1. The molecule has 39 heavy (non-hydrogen) atoms. The molecule has 0 aliphatic rings. The molecule has 0 bridgehead atoms. The number of unbranched alkanes of at least 4 members (excludes halogenated alkanes) is 13. The number of carbonyl (C=O) groups excluding carboxylic acids is 2. The summed E-state index contributed by atoms with van der Waals surface area (Å²) in [5, 5.41) is 12.4. The predicted molar refractivity (Wildman–Crippen MR) is 155 cm³/mol. The maximum Gasteiger partial charge on any atom is 0.472 e. The summed E-state index contributed by atoms with van der Waals surface area (Å²) in [5.74, 6) is -0.551. The molecule has 0 aromatic rings. The van der Waals surface area contributed by atoms with Crippen LogP contribution in [-0.4, -0.2) is 54.3 Å². The van der Waals surface area contributed by atoms with Crippen molar-refractivity contribution in [3.05, 3.63) is 12.2 Å². The molecule has 0 aromatic carbocycles. The fourth-order valence-electron chi connectivity index (χ4n) is 3.84. The van der Waals surface area contributed by atoms with E-state index < -0.39 is 26.5 Å². The minimum Gasteiger partial charge on any atom is -0.463 e. The summed E-state index contributed by atoms with van der Waals surface area (Å²) in [6.07, 6.45) is 22.3. The zero-order valence-electron chi connectivity index (χ0n) is 24.6. The Balaban J connectivity index is 3.61. The molecule has 0 saturated heterocycles. The van der Waals surface area contributed by atoms with E-state index in [2.05, 4.69) is 24.4 Å². The Labute approximate surface area is 237 Å². The number of carbonyl (C=O) groups is 2. The highest BCUT2D eigenvalue weighted by Gasteiger charge is 2.23. The van der Waals surface area contributed by atoms with Crippen LogP contribution in [0.3, 0.4) is 0 Å². The number of aliphatic hydroxyl groups excluding tert-OH is 1. The van der Waals surface area contributed by atoms with E-state index in [0.29, 0.717) is 6.42 Å². The molecule has 0 spiro atoms. The highest BCUT2D eigenvalue weighted by Crippen LogP contribution is 2.42. The smallest absolute Gasteiger partial charge is 0.463 e. The summed E-state index contributed by atoms with van der Waals surface area (Å²) >= 11 is 0. The van der Waals surface area contributed by atoms with Crippen LogP contribution in [0.2, 0.25) is 0 Å². The molecule has 0 aliphatic carbocycles. The van der Waals surface area contributed by atoms with Crippen LogP contribution in [0.15, 0.2) is 12.2 Å². The van der Waals surface area contributed by atoms with Crippen molar-refractivity contribution in [2.45, 2.75) is 136 Å². The molecule has 0 rings (SSSR count). The Bertz CT molecular complexity index is 674. The first kappa shape index (κ1) is 37.8. The fourth-order valence-corrected chi connectivity index (χ4v) is 4.60. The second kappa shape index (κ2) is 26.9. The Hall–Kier alpha value is -1.25. The molecule has 0 heterocycles. The summed E-state index contributed by atoms with van der Waals surface area (Å²) in [5.41, 5.74) is 0. The number of hydrogen-bond donors (Lipinski definition) is 3. The van der Waals surface area contributed by atoms with Gasteiger partial charge in [0.2, 0.25) is 5.91 Å². The van der Waals surface area contributed by atoms with Gasteiger partial charge in [0.15, 0.2) is 0 Å². The zero-order valence-corrected chi connectivity index (χ0v) is 25.5. The van der Waals surface area contributed by atoms with Crippen LogP contribution in [0, 0.1) is 0 Å². The van der Waals surface area contributed by atoms with Crippen molar-refractivity contribution in [2.75, 3.05) is 26.4 Å². The van der Waals surface area contributed by atoms with Gasteiger partial charge in [0.05, 0.1) is 13.2 Å². The molecular formula is C29H56NO8P. The van der Waals surface area contributed by atoms with Crippen molar-refractivity contribution in [3.8, 4) is 0 Å². The van der Waals surface area contributed by atoms with Crippen molar-refractivity contribution in [2.24, 2.45) is 0 Å². The maximum atomic E-state index is 11.9. The minimum atomic E-state index is -4.39. The second-order valence-electron chi connectivity index (χ2n) is 10.1. The van der Waals surface area contributed by atoms with E-state index in [9.17, 15) is 24.2 Å². The van der Waals surface area contributed by atoms with Gasteiger partial charge < -0.3 is 20.1 Å². The largest absolute Gasteiger partial charge is 0.472 e. The molecule has 3 N–H and O–H groups in total. The van der Waals surface area contributed by atoms with Gasteiger partial charge in [-0.3, -0.25) is 18.6 Å². The van der Waals surface area contributed by atoms with Gasteiger partial charge in [-0.1, -0.05) is 90.2 Å². The molecule has 0 fully saturated rings. The van der Waals surface area contributed by atoms with Gasteiger partial charge in [0, 0.05) is 19.4 Å². The standard InChI is InChI=1S/C29H56NO8P/c1-3-5-7-8-9-10-11-12-13-14-15-16-17-18-20-21-28(32)30-23-24-37-39(34,35)38-26-27(31)25-36-29(33)22-19-6-4-2/h12-13,27,31H,3-11,14-26H2,1-2H3,(H,30,32)(H,34,35)/b13-12-. The van der Waals surface area contributed by atoms with E-state index in [1.165, 1.54) is 57.8 Å². The van der Waals surface area contributed by atoms with Gasteiger partial charge in [-0.15, -0.1) is 0 Å². The summed E-state index contributed by atoms with van der Waals surface area (Å²) in [4.78, 5) is 33.1. The minimum absolute atomic E-state index is 0.0791. The molecule has 2 atom stereocenters. The number of ether oxygens (including phenoxy) is 1. The molecule has 0 aromatic heterocycles. The molecule has 9 nitrogen and oxygen atoms in total. The molecular weight excluding hydrogens is 521 g/mol. The van der Waals surface area contributed by atoms with E-state index >= 15 is 0 Å². The van der Waals surface area contributed by atoms with E-state index in [4.69, 9.17) is 13.8 Å². The van der Waals surface area contributed by atoms with Crippen LogP contribution in [0.1, 0.15) is 129 Å². The Morgan fingerprint density at radius 2 is 1.31 bits per heavy atom. The van der Waals surface area contributed by atoms with Crippen molar-refractivity contribution < 1.29 is 37.9 Å². The number of phosphoric acid groups is 1. The monoisotopic (exact) mass is 577 g/mol. The van der Waals surface area contributed by atoms with Crippen molar-refractivity contribution in [1.82, 2.24) is 5.32 Å². The van der Waals surface area contributed by atoms with Gasteiger partial charge in [-0.2, -0.15) is 0 Å². The number of nitrogens with one attached hydrogen (secondary N) is 1. The molecule has 230 valence electrons. The topological polar surface area (TPSA) is 131 Å². The highest BCUT2D eigenvalue weighted by molar-refractivity contribution is 7.47. The molecule has 2 unspecified atom stereocenters. The molecule has 0 radical (unpaired) electrons. The van der Waals surface area contributed by atoms with Gasteiger partial charge in [0.25, 0.3) is 0 Å². The van der Waals surface area contributed by atoms with E-state index in [1.54, 1.807) is 0 Å². The van der Waals surface area contributed by atoms with Gasteiger partial charge in [-0.25, -0.2) is 4.57 Å². The maximum absolute atomic E-state index is 11.9. The molecule has 10 heteroatoms. The number of amides is 1. The lowest BCUT2D eigenvalue weighted by Gasteiger charge is -2.15. The number of allylic oxidation sites excluding steroid dienone is 2. The van der Waals surface area contributed by atoms with Crippen LogP contribution in [0.5, 0.6) is 0 Å².